The predicted molar refractivity (Wildman–Crippen MR) is 167 cm³/mol. The number of carboxylic acids is 2. The average molecular weight is 620 g/mol. The summed E-state index contributed by atoms with van der Waals surface area (Å²) < 4.78 is 0. The fourth-order valence-electron chi connectivity index (χ4n) is 5.11. The number of H-pyrrole nitrogens is 2. The van der Waals surface area contributed by atoms with Gasteiger partial charge in [-0.2, -0.15) is 0 Å². The van der Waals surface area contributed by atoms with Crippen LogP contribution in [0.2, 0.25) is 0 Å². The fourth-order valence-corrected chi connectivity index (χ4v) is 5.11. The van der Waals surface area contributed by atoms with Crippen molar-refractivity contribution in [1.82, 2.24) is 19.9 Å². The second-order valence-corrected chi connectivity index (χ2v) is 9.98. The molecule has 10 heteroatoms. The Morgan fingerprint density at radius 2 is 1.45 bits per heavy atom. The summed E-state index contributed by atoms with van der Waals surface area (Å²) >= 11 is 0. The van der Waals surface area contributed by atoms with Crippen molar-refractivity contribution in [2.75, 3.05) is 0 Å². The molecule has 0 saturated heterocycles. The molecule has 0 atom stereocenters. The zero-order valence-corrected chi connectivity index (χ0v) is 23.1. The van der Waals surface area contributed by atoms with Gasteiger partial charge in [0.2, 0.25) is 0 Å². The minimum absolute atomic E-state index is 0. The van der Waals surface area contributed by atoms with E-state index in [-0.39, 0.29) is 45.0 Å². The fraction of sp³-hybridized carbons (Fsp3) is 0.267. The van der Waals surface area contributed by atoms with Crippen molar-refractivity contribution in [3.05, 3.63) is 69.8 Å². The third-order valence-corrected chi connectivity index (χ3v) is 7.26. The molecule has 3 aromatic heterocycles. The molecule has 0 radical (unpaired) electrons. The summed E-state index contributed by atoms with van der Waals surface area (Å²) in [5.41, 5.74) is 12.4. The topological polar surface area (TPSA) is 132 Å². The van der Waals surface area contributed by atoms with Crippen molar-refractivity contribution < 1.29 is 19.8 Å². The number of nitrogens with one attached hydrogen (secondary N) is 2. The Kier molecular flexibility index (Phi) is 9.55. The van der Waals surface area contributed by atoms with E-state index in [0.717, 1.165) is 72.6 Å². The molecule has 8 bridgehead atoms. The van der Waals surface area contributed by atoms with E-state index in [0.29, 0.717) is 18.5 Å². The molecule has 5 rings (SSSR count). The molecule has 3 aromatic rings. The van der Waals surface area contributed by atoms with Crippen LogP contribution in [0.15, 0.2) is 30.3 Å². The van der Waals surface area contributed by atoms with Gasteiger partial charge in [-0.1, -0.05) is 0 Å². The Bertz CT molecular complexity index is 1730. The molecule has 4 N–H and O–H groups in total. The predicted octanol–water partition coefficient (Wildman–Crippen LogP) is 5.54. The molecule has 0 fully saturated rings. The molecule has 5 heterocycles. The van der Waals surface area contributed by atoms with E-state index in [4.69, 9.17) is 9.97 Å². The molecule has 0 aliphatic carbocycles. The van der Waals surface area contributed by atoms with Gasteiger partial charge in [-0.3, -0.25) is 9.59 Å². The van der Waals surface area contributed by atoms with Crippen LogP contribution in [-0.4, -0.2) is 61.9 Å². The molecule has 0 unspecified atom stereocenters. The van der Waals surface area contributed by atoms with Crippen LogP contribution < -0.4 is 0 Å². The number of fused-ring (bicyclic) bond motifs is 8. The van der Waals surface area contributed by atoms with E-state index >= 15 is 0 Å². The van der Waals surface area contributed by atoms with E-state index in [2.05, 4.69) is 16.0 Å². The number of rotatable bonds is 6. The number of aromatic nitrogens is 4. The Morgan fingerprint density at radius 3 is 2.15 bits per heavy atom. The SMILES string of the molecule is CC1=Cc2cc3[nH]c(cc4nc(cc5[nH]c(cc1n2)c(C)c5CCC(=O)O)C(CCC(=O)O)=C4C)cc3C.Cl.[GaH3]. The van der Waals surface area contributed by atoms with Gasteiger partial charge in [0.15, 0.2) is 0 Å². The first kappa shape index (κ1) is 31.0. The van der Waals surface area contributed by atoms with Crippen LogP contribution in [0.25, 0.3) is 44.9 Å². The van der Waals surface area contributed by atoms with Crippen LogP contribution >= 0.6 is 12.4 Å². The van der Waals surface area contributed by atoms with E-state index < -0.39 is 11.9 Å². The minimum atomic E-state index is -0.868. The number of aromatic amines is 2. The van der Waals surface area contributed by atoms with Crippen molar-refractivity contribution in [2.45, 2.75) is 53.4 Å². The number of hydrogen-bond donors (Lipinski definition) is 4. The first-order valence-corrected chi connectivity index (χ1v) is 12.6. The Labute approximate surface area is 251 Å². The molecule has 208 valence electrons. The normalized spacial score (nSPS) is 12.4. The molecule has 2 aliphatic heterocycles. The number of carboxylic acid groups (broad SMARTS) is 2. The Balaban J connectivity index is 0.00000220. The van der Waals surface area contributed by atoms with E-state index in [9.17, 15) is 19.8 Å². The number of hydrogen-bond acceptors (Lipinski definition) is 4. The van der Waals surface area contributed by atoms with Crippen molar-refractivity contribution in [1.29, 1.82) is 0 Å². The number of halogens is 1. The molecule has 0 spiro atoms. The van der Waals surface area contributed by atoms with Gasteiger partial charge in [-0.25, -0.2) is 9.97 Å². The number of aryl methyl sites for hydroxylation is 3. The first-order valence-electron chi connectivity index (χ1n) is 12.6. The van der Waals surface area contributed by atoms with Crippen LogP contribution in [0.5, 0.6) is 0 Å². The maximum absolute atomic E-state index is 11.4. The third-order valence-electron chi connectivity index (χ3n) is 7.26. The molecule has 40 heavy (non-hydrogen) atoms. The summed E-state index contributed by atoms with van der Waals surface area (Å²) in [7, 11) is 0. The average Bonchev–Trinajstić information content (AvgIpc) is 3.53. The molecule has 2 aliphatic rings. The van der Waals surface area contributed by atoms with Gasteiger partial charge in [-0.15, -0.1) is 12.4 Å². The number of allylic oxidation sites excluding steroid dienone is 3. The zero-order valence-electron chi connectivity index (χ0n) is 22.3. The first-order chi connectivity index (χ1) is 18.1. The molecule has 0 amide bonds. The molecule has 0 saturated carbocycles. The van der Waals surface area contributed by atoms with Crippen molar-refractivity contribution in [3.8, 4) is 0 Å². The molecule has 0 aromatic carbocycles. The summed E-state index contributed by atoms with van der Waals surface area (Å²) in [6.45, 7) is 8.01. The van der Waals surface area contributed by atoms with Crippen LogP contribution in [0.1, 0.15) is 72.6 Å². The van der Waals surface area contributed by atoms with Crippen LogP contribution in [0, 0.1) is 13.8 Å². The maximum atomic E-state index is 11.4. The quantitative estimate of drug-likeness (QED) is 0.268. The number of aliphatic carboxylic acids is 2. The van der Waals surface area contributed by atoms with Crippen molar-refractivity contribution >= 4 is 89.0 Å². The number of carbonyl (C=O) groups is 2. The summed E-state index contributed by atoms with van der Waals surface area (Å²) in [5, 5.41) is 18.7. The summed E-state index contributed by atoms with van der Waals surface area (Å²) in [4.78, 5) is 39.5. The number of nitrogens with zero attached hydrogens (tertiary/aromatic N) is 2. The standard InChI is InChI=1S/C30H30N4O4.ClH.Ga.3H/c1-15-9-20-12-25-17(3)21(5-7-29(35)36)27(33-25)14-28-22(6-8-30(37)38)18(4)26(34-28)13-24-16(2)10-19(32-24)11-23(15)31-20;;;;;/h9-14,31,34H,5-8H2,1-4H3,(H,35,36)(H,37,38);1H;;;;. The van der Waals surface area contributed by atoms with Gasteiger partial charge in [0.25, 0.3) is 0 Å². The van der Waals surface area contributed by atoms with Gasteiger partial charge in [-0.05, 0) is 110 Å². The Hall–Kier alpha value is -3.53. The summed E-state index contributed by atoms with van der Waals surface area (Å²) in [5.74, 6) is -1.73. The van der Waals surface area contributed by atoms with Crippen LogP contribution in [0.4, 0.5) is 0 Å². The van der Waals surface area contributed by atoms with E-state index in [1.807, 2.05) is 58.0 Å². The van der Waals surface area contributed by atoms with Gasteiger partial charge in [0, 0.05) is 34.9 Å². The second kappa shape index (κ2) is 12.3. The van der Waals surface area contributed by atoms with Gasteiger partial charge < -0.3 is 20.2 Å². The van der Waals surface area contributed by atoms with Crippen molar-refractivity contribution in [2.24, 2.45) is 0 Å². The molecule has 8 nitrogen and oxygen atoms in total. The molecular formula is C30H34ClGaN4O4. The summed E-state index contributed by atoms with van der Waals surface area (Å²) in [6.07, 6.45) is 2.74. The van der Waals surface area contributed by atoms with Crippen molar-refractivity contribution in [3.63, 3.8) is 0 Å². The van der Waals surface area contributed by atoms with Gasteiger partial charge in [0.1, 0.15) is 0 Å². The zero-order chi connectivity index (χ0) is 27.1. The molecular weight excluding hydrogens is 586 g/mol. The van der Waals surface area contributed by atoms with Crippen LogP contribution in [-0.2, 0) is 16.0 Å². The second-order valence-electron chi connectivity index (χ2n) is 9.98. The van der Waals surface area contributed by atoms with Gasteiger partial charge in [0.05, 0.1) is 22.8 Å². The van der Waals surface area contributed by atoms with Crippen LogP contribution in [0.3, 0.4) is 0 Å². The van der Waals surface area contributed by atoms with E-state index in [1.54, 1.807) is 0 Å². The third kappa shape index (κ3) is 6.27. The monoisotopic (exact) mass is 618 g/mol. The Morgan fingerprint density at radius 1 is 0.775 bits per heavy atom. The summed E-state index contributed by atoms with van der Waals surface area (Å²) in [6, 6.07) is 9.98. The van der Waals surface area contributed by atoms with Gasteiger partial charge >= 0.3 is 31.7 Å². The van der Waals surface area contributed by atoms with E-state index in [1.165, 1.54) is 0 Å².